The number of aryl methyl sites for hydroxylation is 2. The fourth-order valence-corrected chi connectivity index (χ4v) is 8.07. The highest BCUT2D eigenvalue weighted by Gasteiger charge is 2.39. The lowest BCUT2D eigenvalue weighted by Crippen LogP contribution is -2.42. The number of ether oxygens (including phenoxy) is 3. The number of benzene rings is 4. The Morgan fingerprint density at radius 1 is 0.764 bits per heavy atom. The molecular weight excluding hydrogens is 934 g/mol. The van der Waals surface area contributed by atoms with Gasteiger partial charge in [0.05, 0.1) is 37.1 Å². The molecule has 1 aliphatic rings. The molecule has 8 rings (SSSR count). The Bertz CT molecular complexity index is 2880. The molecule has 1 fully saturated rings. The third kappa shape index (κ3) is 14.3. The van der Waals surface area contributed by atoms with Crippen molar-refractivity contribution >= 4 is 23.8 Å². The average molecular weight is 989 g/mol. The highest BCUT2D eigenvalue weighted by Crippen LogP contribution is 2.33. The lowest BCUT2D eigenvalue weighted by atomic mass is 10.00. The van der Waals surface area contributed by atoms with Gasteiger partial charge in [0.15, 0.2) is 0 Å². The van der Waals surface area contributed by atoms with E-state index in [0.717, 1.165) is 57.4 Å². The summed E-state index contributed by atoms with van der Waals surface area (Å²) in [5.74, 6) is 1.50. The maximum absolute atomic E-state index is 13.2. The molecule has 4 aromatic carbocycles. The number of halogens is 3. The van der Waals surface area contributed by atoms with E-state index in [1.165, 1.54) is 6.92 Å². The minimum absolute atomic E-state index is 0.0377. The van der Waals surface area contributed by atoms with Crippen molar-refractivity contribution < 1.29 is 55.7 Å². The summed E-state index contributed by atoms with van der Waals surface area (Å²) in [5.41, 5.74) is 4.26. The van der Waals surface area contributed by atoms with Gasteiger partial charge in [0.2, 0.25) is 23.6 Å². The van der Waals surface area contributed by atoms with Gasteiger partial charge in [0.1, 0.15) is 34.8 Å². The number of alkyl halides is 3. The monoisotopic (exact) mass is 988 g/mol. The number of carbonyl (C=O) groups is 3. The van der Waals surface area contributed by atoms with E-state index in [2.05, 4.69) is 25.3 Å². The first-order valence-electron chi connectivity index (χ1n) is 23.4. The number of rotatable bonds is 19. The molecular formula is C54H55F3N6O9. The molecule has 2 N–H and O–H groups in total. The molecule has 376 valence electrons. The number of esters is 1. The van der Waals surface area contributed by atoms with Crippen LogP contribution in [0.3, 0.4) is 0 Å². The Balaban J connectivity index is 0.000000217. The van der Waals surface area contributed by atoms with Crippen LogP contribution in [0.2, 0.25) is 0 Å². The zero-order valence-electron chi connectivity index (χ0n) is 40.2. The zero-order valence-corrected chi connectivity index (χ0v) is 40.2. The van der Waals surface area contributed by atoms with Crippen LogP contribution in [0.1, 0.15) is 60.0 Å². The van der Waals surface area contributed by atoms with Gasteiger partial charge in [-0.15, -0.1) is 0 Å². The molecule has 1 amide bonds. The summed E-state index contributed by atoms with van der Waals surface area (Å²) >= 11 is 0. The molecule has 7 aromatic rings. The molecule has 1 aliphatic heterocycles. The molecule has 0 saturated carbocycles. The predicted octanol–water partition coefficient (Wildman–Crippen LogP) is 9.48. The minimum atomic E-state index is -4.62. The van der Waals surface area contributed by atoms with Crippen molar-refractivity contribution in [1.82, 2.24) is 25.3 Å². The third-order valence-corrected chi connectivity index (χ3v) is 11.7. The topological polar surface area (TPSA) is 192 Å². The molecule has 15 nitrogen and oxygen atoms in total. The molecule has 0 bridgehead atoms. The predicted molar refractivity (Wildman–Crippen MR) is 260 cm³/mol. The van der Waals surface area contributed by atoms with Crippen molar-refractivity contribution in [2.75, 3.05) is 31.3 Å². The zero-order chi connectivity index (χ0) is 51.2. The van der Waals surface area contributed by atoms with E-state index in [0.29, 0.717) is 62.2 Å². The van der Waals surface area contributed by atoms with Crippen molar-refractivity contribution in [3.8, 4) is 34.4 Å². The van der Waals surface area contributed by atoms with Crippen LogP contribution >= 0.6 is 0 Å². The van der Waals surface area contributed by atoms with Gasteiger partial charge in [0.25, 0.3) is 0 Å². The summed E-state index contributed by atoms with van der Waals surface area (Å²) in [7, 11) is 0. The van der Waals surface area contributed by atoms with E-state index in [1.807, 2.05) is 123 Å². The van der Waals surface area contributed by atoms with Crippen molar-refractivity contribution in [2.45, 2.75) is 78.1 Å². The van der Waals surface area contributed by atoms with Gasteiger partial charge in [-0.3, -0.25) is 9.59 Å². The standard InChI is InChI=1S/C29H27F3N4O4.C25H28N2O5/c1-18-24(34-26(40-18)20-5-3-2-4-6-20)12-14-39-23-9-7-19(8-10-23)15-22-16-21(27(37)38)17-36(22)28-33-13-11-25(35-28)29(30,31)32;1-4-30-25(29)23(26-18(3)28)16-19-10-12-21(13-11-19)31-15-14-22-17(2)32-24(27-22)20-8-6-5-7-9-20/h2-11,13,21-22H,12,14-17H2,1H3,(H,37,38);5-13,23H,4,14-16H2,1-3H3,(H,26,28)/t21-,22+;23-/m10/s1. The number of hydrogen-bond acceptors (Lipinski definition) is 13. The van der Waals surface area contributed by atoms with E-state index in [1.54, 1.807) is 11.8 Å². The number of oxazole rings is 2. The van der Waals surface area contributed by atoms with E-state index in [9.17, 15) is 32.7 Å². The number of hydrogen-bond donors (Lipinski definition) is 2. The third-order valence-electron chi connectivity index (χ3n) is 11.7. The summed E-state index contributed by atoms with van der Waals surface area (Å²) in [6.45, 7) is 8.03. The van der Waals surface area contributed by atoms with Crippen LogP contribution in [0.5, 0.6) is 11.5 Å². The molecule has 3 aromatic heterocycles. The maximum Gasteiger partial charge on any atom is 0.433 e. The van der Waals surface area contributed by atoms with Gasteiger partial charge in [-0.05, 0) is 99.3 Å². The first-order valence-corrected chi connectivity index (χ1v) is 23.4. The summed E-state index contributed by atoms with van der Waals surface area (Å²) in [5, 5.41) is 12.2. The summed E-state index contributed by atoms with van der Waals surface area (Å²) in [6.07, 6.45) is -1.35. The molecule has 4 heterocycles. The number of anilines is 1. The first-order chi connectivity index (χ1) is 34.6. The van der Waals surface area contributed by atoms with Gasteiger partial charge in [-0.2, -0.15) is 13.2 Å². The second kappa shape index (κ2) is 24.2. The molecule has 0 unspecified atom stereocenters. The largest absolute Gasteiger partial charge is 0.493 e. The SMILES string of the molecule is CCOC(=O)[C@H](Cc1ccc(OCCc2nc(-c3ccccc3)oc2C)cc1)NC(C)=O.Cc1oc(-c2ccccc2)nc1CCOc1ccc(C[C@H]2C[C@@H](C(=O)O)CN2c2nccc(C(F)(F)F)n2)cc1. The molecule has 1 saturated heterocycles. The van der Waals surface area contributed by atoms with Crippen molar-refractivity contribution in [2.24, 2.45) is 5.92 Å². The van der Waals surface area contributed by atoms with Gasteiger partial charge in [-0.1, -0.05) is 60.7 Å². The smallest absolute Gasteiger partial charge is 0.433 e. The maximum atomic E-state index is 13.2. The van der Waals surface area contributed by atoms with Crippen molar-refractivity contribution in [3.05, 3.63) is 161 Å². The van der Waals surface area contributed by atoms with E-state index < -0.39 is 35.8 Å². The van der Waals surface area contributed by atoms with E-state index in [4.69, 9.17) is 23.0 Å². The van der Waals surface area contributed by atoms with Crippen LogP contribution in [0.25, 0.3) is 22.9 Å². The highest BCUT2D eigenvalue weighted by atomic mass is 19.4. The van der Waals surface area contributed by atoms with Crippen LogP contribution < -0.4 is 19.7 Å². The van der Waals surface area contributed by atoms with Crippen LogP contribution in [-0.2, 0) is 51.0 Å². The Hall–Kier alpha value is -8.02. The quantitative estimate of drug-likeness (QED) is 0.0728. The number of aliphatic carboxylic acids is 1. The summed E-state index contributed by atoms with van der Waals surface area (Å²) in [4.78, 5) is 53.6. The summed E-state index contributed by atoms with van der Waals surface area (Å²) in [6, 6.07) is 33.9. The number of nitrogens with one attached hydrogen (secondary N) is 1. The fraction of sp³-hybridized carbons (Fsp3) is 0.315. The Morgan fingerprint density at radius 2 is 1.29 bits per heavy atom. The Morgan fingerprint density at radius 3 is 1.78 bits per heavy atom. The average Bonchev–Trinajstić information content (AvgIpc) is 4.09. The van der Waals surface area contributed by atoms with Crippen LogP contribution in [0.4, 0.5) is 19.1 Å². The van der Waals surface area contributed by atoms with Gasteiger partial charge in [0, 0.05) is 56.1 Å². The van der Waals surface area contributed by atoms with Crippen LogP contribution in [-0.4, -0.2) is 81.3 Å². The first kappa shape index (κ1) is 51.8. The lowest BCUT2D eigenvalue weighted by molar-refractivity contribution is -0.147. The molecule has 18 heteroatoms. The van der Waals surface area contributed by atoms with Gasteiger partial charge >= 0.3 is 18.1 Å². The number of aromatic nitrogens is 4. The van der Waals surface area contributed by atoms with Crippen molar-refractivity contribution in [3.63, 3.8) is 0 Å². The molecule has 72 heavy (non-hydrogen) atoms. The fourth-order valence-electron chi connectivity index (χ4n) is 8.07. The molecule has 3 atom stereocenters. The van der Waals surface area contributed by atoms with Crippen LogP contribution in [0.15, 0.2) is 130 Å². The van der Waals surface area contributed by atoms with Crippen LogP contribution in [0, 0.1) is 19.8 Å². The Kier molecular flexibility index (Phi) is 17.4. The number of carboxylic acids is 1. The van der Waals surface area contributed by atoms with Crippen molar-refractivity contribution in [1.29, 1.82) is 0 Å². The molecule has 0 aliphatic carbocycles. The number of carboxylic acid groups (broad SMARTS) is 1. The minimum Gasteiger partial charge on any atom is -0.493 e. The number of carbonyl (C=O) groups excluding carboxylic acids is 2. The second-order valence-corrected chi connectivity index (χ2v) is 17.0. The summed E-state index contributed by atoms with van der Waals surface area (Å²) < 4.78 is 68.0. The van der Waals surface area contributed by atoms with Gasteiger partial charge < -0.3 is 38.4 Å². The number of nitrogens with zero attached hydrogens (tertiary/aromatic N) is 5. The van der Waals surface area contributed by atoms with E-state index in [-0.39, 0.29) is 37.5 Å². The molecule has 0 radical (unpaired) electrons. The van der Waals surface area contributed by atoms with E-state index >= 15 is 0 Å². The molecule has 0 spiro atoms. The number of amides is 1. The lowest BCUT2D eigenvalue weighted by Gasteiger charge is -2.25. The second-order valence-electron chi connectivity index (χ2n) is 17.0. The van der Waals surface area contributed by atoms with Gasteiger partial charge in [-0.25, -0.2) is 24.7 Å². The Labute approximate surface area is 414 Å². The normalized spacial score (nSPS) is 14.7. The highest BCUT2D eigenvalue weighted by molar-refractivity contribution is 5.83.